The van der Waals surface area contributed by atoms with Gasteiger partial charge < -0.3 is 10.1 Å². The van der Waals surface area contributed by atoms with E-state index in [4.69, 9.17) is 4.74 Å². The van der Waals surface area contributed by atoms with E-state index in [1.807, 2.05) is 30.3 Å². The zero-order valence-electron chi connectivity index (χ0n) is 15.2. The smallest absolute Gasteiger partial charge is 0.266 e. The minimum atomic E-state index is -0.682. The van der Waals surface area contributed by atoms with Crippen molar-refractivity contribution in [2.45, 2.75) is 6.61 Å². The van der Waals surface area contributed by atoms with Crippen LogP contribution >= 0.6 is 15.9 Å². The molecule has 0 bridgehead atoms. The molecule has 3 aromatic rings. The number of nitriles is 1. The standard InChI is InChI=1S/C23H16BrFN2O2/c24-19-10-8-16(9-11-19)15-29-20-5-3-4-17(13-20)12-18(14-26)23(28)27-22-7-2-1-6-21(22)25/h1-13H,15H2,(H,27,28)/b18-12-. The molecule has 0 aliphatic heterocycles. The Hall–Kier alpha value is -3.43. The van der Waals surface area contributed by atoms with Crippen LogP contribution in [0.5, 0.6) is 5.75 Å². The van der Waals surface area contributed by atoms with E-state index in [0.717, 1.165) is 10.0 Å². The maximum Gasteiger partial charge on any atom is 0.266 e. The van der Waals surface area contributed by atoms with Crippen molar-refractivity contribution in [3.8, 4) is 11.8 Å². The normalized spacial score (nSPS) is 10.9. The third-order valence-corrected chi connectivity index (χ3v) is 4.50. The minimum absolute atomic E-state index is 0.0187. The van der Waals surface area contributed by atoms with Crippen LogP contribution in [0.15, 0.2) is 82.8 Å². The van der Waals surface area contributed by atoms with Crippen LogP contribution in [-0.4, -0.2) is 5.91 Å². The van der Waals surface area contributed by atoms with E-state index in [1.54, 1.807) is 30.3 Å². The zero-order valence-corrected chi connectivity index (χ0v) is 16.8. The lowest BCUT2D eigenvalue weighted by Crippen LogP contribution is -2.14. The monoisotopic (exact) mass is 450 g/mol. The van der Waals surface area contributed by atoms with Gasteiger partial charge in [0.25, 0.3) is 5.91 Å². The molecule has 4 nitrogen and oxygen atoms in total. The molecular weight excluding hydrogens is 435 g/mol. The van der Waals surface area contributed by atoms with Gasteiger partial charge in [-0.3, -0.25) is 4.79 Å². The van der Waals surface area contributed by atoms with Crippen molar-refractivity contribution >= 4 is 33.6 Å². The molecule has 0 saturated carbocycles. The number of amides is 1. The largest absolute Gasteiger partial charge is 0.489 e. The van der Waals surface area contributed by atoms with E-state index in [9.17, 15) is 14.4 Å². The van der Waals surface area contributed by atoms with Crippen LogP contribution < -0.4 is 10.1 Å². The number of nitrogens with one attached hydrogen (secondary N) is 1. The second-order valence-electron chi connectivity index (χ2n) is 6.09. The van der Waals surface area contributed by atoms with E-state index in [-0.39, 0.29) is 11.3 Å². The highest BCUT2D eigenvalue weighted by molar-refractivity contribution is 9.10. The van der Waals surface area contributed by atoms with Gasteiger partial charge in [-0.1, -0.05) is 52.3 Å². The van der Waals surface area contributed by atoms with E-state index < -0.39 is 11.7 Å². The Balaban J connectivity index is 1.71. The van der Waals surface area contributed by atoms with Gasteiger partial charge in [-0.2, -0.15) is 5.26 Å². The van der Waals surface area contributed by atoms with Gasteiger partial charge in [0.2, 0.25) is 0 Å². The Labute approximate surface area is 176 Å². The first-order chi connectivity index (χ1) is 14.0. The van der Waals surface area contributed by atoms with Gasteiger partial charge in [-0.15, -0.1) is 0 Å². The third-order valence-electron chi connectivity index (χ3n) is 3.97. The first kappa shape index (κ1) is 20.3. The topological polar surface area (TPSA) is 62.1 Å². The Kier molecular flexibility index (Phi) is 6.77. The summed E-state index contributed by atoms with van der Waals surface area (Å²) < 4.78 is 20.5. The van der Waals surface area contributed by atoms with Crippen molar-refractivity contribution in [1.29, 1.82) is 5.26 Å². The summed E-state index contributed by atoms with van der Waals surface area (Å²) in [6, 6.07) is 22.5. The molecule has 0 aliphatic rings. The SMILES string of the molecule is N#C/C(=C/c1cccc(OCc2ccc(Br)cc2)c1)C(=O)Nc1ccccc1F. The number of halogens is 2. The Morgan fingerprint density at radius 2 is 1.86 bits per heavy atom. The highest BCUT2D eigenvalue weighted by Crippen LogP contribution is 2.19. The highest BCUT2D eigenvalue weighted by Gasteiger charge is 2.12. The van der Waals surface area contributed by atoms with Gasteiger partial charge in [0, 0.05) is 4.47 Å². The van der Waals surface area contributed by atoms with Crippen molar-refractivity contribution in [1.82, 2.24) is 0 Å². The molecule has 29 heavy (non-hydrogen) atoms. The van der Waals surface area contributed by atoms with Crippen molar-refractivity contribution in [2.75, 3.05) is 5.32 Å². The van der Waals surface area contributed by atoms with Crippen molar-refractivity contribution in [3.63, 3.8) is 0 Å². The van der Waals surface area contributed by atoms with Crippen LogP contribution in [0.4, 0.5) is 10.1 Å². The number of hydrogen-bond donors (Lipinski definition) is 1. The fourth-order valence-electron chi connectivity index (χ4n) is 2.51. The quantitative estimate of drug-likeness (QED) is 0.386. The van der Waals surface area contributed by atoms with Crippen LogP contribution in [0.2, 0.25) is 0 Å². The summed E-state index contributed by atoms with van der Waals surface area (Å²) in [4.78, 5) is 12.3. The van der Waals surface area contributed by atoms with Crippen LogP contribution in [-0.2, 0) is 11.4 Å². The third kappa shape index (κ3) is 5.77. The molecule has 6 heteroatoms. The second kappa shape index (κ2) is 9.67. The maximum atomic E-state index is 13.7. The van der Waals surface area contributed by atoms with Crippen LogP contribution in [0.25, 0.3) is 6.08 Å². The van der Waals surface area contributed by atoms with E-state index in [2.05, 4.69) is 21.2 Å². The molecule has 144 valence electrons. The van der Waals surface area contributed by atoms with Gasteiger partial charge in [-0.25, -0.2) is 4.39 Å². The van der Waals surface area contributed by atoms with Crippen LogP contribution in [0.3, 0.4) is 0 Å². The van der Waals surface area contributed by atoms with Crippen molar-refractivity contribution in [3.05, 3.63) is 99.8 Å². The molecule has 3 rings (SSSR count). The van der Waals surface area contributed by atoms with Gasteiger partial charge in [-0.05, 0) is 53.6 Å². The lowest BCUT2D eigenvalue weighted by atomic mass is 10.1. The van der Waals surface area contributed by atoms with Crippen LogP contribution in [0.1, 0.15) is 11.1 Å². The number of anilines is 1. The number of ether oxygens (including phenoxy) is 1. The molecule has 0 fully saturated rings. The molecule has 0 unspecified atom stereocenters. The molecule has 0 aliphatic carbocycles. The summed E-state index contributed by atoms with van der Waals surface area (Å²) in [6.07, 6.45) is 1.43. The van der Waals surface area contributed by atoms with E-state index >= 15 is 0 Å². The van der Waals surface area contributed by atoms with Gasteiger partial charge in [0.05, 0.1) is 5.69 Å². The summed E-state index contributed by atoms with van der Waals surface area (Å²) >= 11 is 3.39. The summed E-state index contributed by atoms with van der Waals surface area (Å²) in [6.45, 7) is 0.388. The van der Waals surface area contributed by atoms with E-state index in [1.165, 1.54) is 24.3 Å². The molecular formula is C23H16BrFN2O2. The number of nitrogens with zero attached hydrogens (tertiary/aromatic N) is 1. The Bertz CT molecular complexity index is 1090. The van der Waals surface area contributed by atoms with Gasteiger partial charge >= 0.3 is 0 Å². The highest BCUT2D eigenvalue weighted by atomic mass is 79.9. The summed E-state index contributed by atoms with van der Waals surface area (Å²) in [7, 11) is 0. The Morgan fingerprint density at radius 1 is 1.10 bits per heavy atom. The first-order valence-electron chi connectivity index (χ1n) is 8.70. The Morgan fingerprint density at radius 3 is 2.59 bits per heavy atom. The lowest BCUT2D eigenvalue weighted by Gasteiger charge is -2.08. The molecule has 0 saturated heterocycles. The molecule has 1 amide bonds. The summed E-state index contributed by atoms with van der Waals surface area (Å²) in [5.41, 5.74) is 1.51. The average Bonchev–Trinajstić information content (AvgIpc) is 2.73. The molecule has 0 heterocycles. The predicted octanol–water partition coefficient (Wildman–Crippen LogP) is 5.71. The number of rotatable bonds is 6. The summed E-state index contributed by atoms with van der Waals surface area (Å²) in [5, 5.41) is 11.7. The average molecular weight is 451 g/mol. The minimum Gasteiger partial charge on any atom is -0.489 e. The molecule has 0 spiro atoms. The fourth-order valence-corrected chi connectivity index (χ4v) is 2.77. The molecule has 0 radical (unpaired) electrons. The molecule has 0 atom stereocenters. The van der Waals surface area contributed by atoms with Gasteiger partial charge in [0.1, 0.15) is 29.8 Å². The summed E-state index contributed by atoms with van der Waals surface area (Å²) in [5.74, 6) is -0.645. The zero-order chi connectivity index (χ0) is 20.6. The second-order valence-corrected chi connectivity index (χ2v) is 7.01. The van der Waals surface area contributed by atoms with Crippen molar-refractivity contribution in [2.24, 2.45) is 0 Å². The number of benzene rings is 3. The van der Waals surface area contributed by atoms with Crippen molar-refractivity contribution < 1.29 is 13.9 Å². The molecule has 3 aromatic carbocycles. The lowest BCUT2D eigenvalue weighted by molar-refractivity contribution is -0.112. The maximum absolute atomic E-state index is 13.7. The van der Waals surface area contributed by atoms with Crippen LogP contribution in [0, 0.1) is 17.1 Å². The number of hydrogen-bond acceptors (Lipinski definition) is 3. The number of para-hydroxylation sites is 1. The molecule has 0 aromatic heterocycles. The first-order valence-corrected chi connectivity index (χ1v) is 9.49. The fraction of sp³-hybridized carbons (Fsp3) is 0.0435. The van der Waals surface area contributed by atoms with Gasteiger partial charge in [0.15, 0.2) is 0 Å². The van der Waals surface area contributed by atoms with E-state index in [0.29, 0.717) is 17.9 Å². The number of carbonyl (C=O) groups excluding carboxylic acids is 1. The number of carbonyl (C=O) groups is 1. The predicted molar refractivity (Wildman–Crippen MR) is 114 cm³/mol. The molecule has 1 N–H and O–H groups in total.